The molecule has 0 N–H and O–H groups in total. The van der Waals surface area contributed by atoms with Crippen molar-refractivity contribution in [3.63, 3.8) is 0 Å². The first-order valence-corrected chi connectivity index (χ1v) is 4.10. The van der Waals surface area contributed by atoms with Gasteiger partial charge in [0, 0.05) is 7.11 Å². The lowest BCUT2D eigenvalue weighted by molar-refractivity contribution is -0.292. The summed E-state index contributed by atoms with van der Waals surface area (Å²) >= 11 is 0. The van der Waals surface area contributed by atoms with Crippen LogP contribution in [-0.4, -0.2) is 30.9 Å². The van der Waals surface area contributed by atoms with E-state index in [0.29, 0.717) is 12.8 Å². The second-order valence-corrected chi connectivity index (χ2v) is 3.30. The van der Waals surface area contributed by atoms with Gasteiger partial charge in [0.1, 0.15) is 6.42 Å². The van der Waals surface area contributed by atoms with Crippen LogP contribution in [0, 0.1) is 0 Å². The lowest BCUT2D eigenvalue weighted by atomic mass is 9.87. The van der Waals surface area contributed by atoms with Crippen LogP contribution in [0.15, 0.2) is 0 Å². The fourth-order valence-electron chi connectivity index (χ4n) is 1.59. The van der Waals surface area contributed by atoms with Crippen molar-refractivity contribution in [2.45, 2.75) is 31.2 Å². The minimum Gasteiger partial charge on any atom is -0.422 e. The highest BCUT2D eigenvalue weighted by molar-refractivity contribution is 5.93. The molecule has 0 amide bonds. The van der Waals surface area contributed by atoms with Gasteiger partial charge in [-0.25, -0.2) is 0 Å². The van der Waals surface area contributed by atoms with Gasteiger partial charge in [0.05, 0.1) is 18.9 Å². The van der Waals surface area contributed by atoms with E-state index in [1.807, 2.05) is 0 Å². The van der Waals surface area contributed by atoms with E-state index in [0.717, 1.165) is 0 Å². The van der Waals surface area contributed by atoms with Gasteiger partial charge in [0.25, 0.3) is 5.79 Å². The summed E-state index contributed by atoms with van der Waals surface area (Å²) in [5, 5.41) is 0. The van der Waals surface area contributed by atoms with Crippen molar-refractivity contribution < 1.29 is 23.8 Å². The highest BCUT2D eigenvalue weighted by Crippen LogP contribution is 2.41. The Kier molecular flexibility index (Phi) is 1.76. The quantitative estimate of drug-likeness (QED) is 0.425. The molecular formula is C8H10O5. The summed E-state index contributed by atoms with van der Waals surface area (Å²) in [5.74, 6) is -2.02. The first-order chi connectivity index (χ1) is 6.13. The zero-order valence-corrected chi connectivity index (χ0v) is 7.24. The molecule has 0 aromatic heterocycles. The SMILES string of the molecule is COC1CC2(C1)OC(=O)CC(=O)O2. The number of ether oxygens (including phenoxy) is 3. The molecule has 72 valence electrons. The van der Waals surface area contributed by atoms with Crippen molar-refractivity contribution >= 4 is 11.9 Å². The van der Waals surface area contributed by atoms with Gasteiger partial charge in [0.15, 0.2) is 0 Å². The second kappa shape index (κ2) is 2.70. The summed E-state index contributed by atoms with van der Waals surface area (Å²) in [6, 6.07) is 0. The van der Waals surface area contributed by atoms with Crippen LogP contribution in [0.5, 0.6) is 0 Å². The number of carbonyl (C=O) groups excluding carboxylic acids is 2. The van der Waals surface area contributed by atoms with Gasteiger partial charge in [-0.05, 0) is 0 Å². The van der Waals surface area contributed by atoms with Crippen molar-refractivity contribution in [2.24, 2.45) is 0 Å². The molecule has 0 radical (unpaired) electrons. The van der Waals surface area contributed by atoms with Crippen molar-refractivity contribution in [1.29, 1.82) is 0 Å². The number of hydrogen-bond donors (Lipinski definition) is 0. The zero-order chi connectivity index (χ0) is 9.47. The van der Waals surface area contributed by atoms with Crippen molar-refractivity contribution in [2.75, 3.05) is 7.11 Å². The molecule has 2 aliphatic rings. The highest BCUT2D eigenvalue weighted by atomic mass is 16.7. The average molecular weight is 186 g/mol. The van der Waals surface area contributed by atoms with E-state index < -0.39 is 17.7 Å². The fourth-order valence-corrected chi connectivity index (χ4v) is 1.59. The Morgan fingerprint density at radius 1 is 1.31 bits per heavy atom. The van der Waals surface area contributed by atoms with Crippen molar-refractivity contribution in [1.82, 2.24) is 0 Å². The normalized spacial score (nSPS) is 26.5. The minimum absolute atomic E-state index is 0.0266. The first-order valence-electron chi connectivity index (χ1n) is 4.10. The Labute approximate surface area is 74.9 Å². The van der Waals surface area contributed by atoms with E-state index in [1.54, 1.807) is 7.11 Å². The van der Waals surface area contributed by atoms with E-state index >= 15 is 0 Å². The highest BCUT2D eigenvalue weighted by Gasteiger charge is 2.54. The van der Waals surface area contributed by atoms with E-state index in [2.05, 4.69) is 0 Å². The number of methoxy groups -OCH3 is 1. The molecule has 0 aromatic rings. The van der Waals surface area contributed by atoms with Crippen molar-refractivity contribution in [3.05, 3.63) is 0 Å². The van der Waals surface area contributed by atoms with E-state index in [-0.39, 0.29) is 12.5 Å². The average Bonchev–Trinajstić information content (AvgIpc) is 1.97. The third-order valence-corrected chi connectivity index (χ3v) is 2.30. The second-order valence-electron chi connectivity index (χ2n) is 3.30. The number of rotatable bonds is 1. The predicted octanol–water partition coefficient (Wildman–Crippen LogP) is -0.0184. The Bertz CT molecular complexity index is 235. The molecule has 1 aliphatic carbocycles. The molecule has 13 heavy (non-hydrogen) atoms. The maximum Gasteiger partial charge on any atom is 0.320 e. The summed E-state index contributed by atoms with van der Waals surface area (Å²) < 4.78 is 14.9. The Hall–Kier alpha value is -1.10. The van der Waals surface area contributed by atoms with Gasteiger partial charge in [-0.3, -0.25) is 9.59 Å². The van der Waals surface area contributed by atoms with Gasteiger partial charge in [-0.15, -0.1) is 0 Å². The zero-order valence-electron chi connectivity index (χ0n) is 7.24. The molecule has 1 saturated heterocycles. The molecule has 0 aromatic carbocycles. The fraction of sp³-hybridized carbons (Fsp3) is 0.750. The largest absolute Gasteiger partial charge is 0.422 e. The molecule has 5 heteroatoms. The molecule has 1 heterocycles. The van der Waals surface area contributed by atoms with Crippen LogP contribution < -0.4 is 0 Å². The molecule has 0 unspecified atom stereocenters. The Balaban J connectivity index is 2.01. The molecular weight excluding hydrogens is 176 g/mol. The Morgan fingerprint density at radius 2 is 1.85 bits per heavy atom. The number of carbonyl (C=O) groups is 2. The number of esters is 2. The van der Waals surface area contributed by atoms with Gasteiger partial charge >= 0.3 is 11.9 Å². The van der Waals surface area contributed by atoms with Gasteiger partial charge in [-0.2, -0.15) is 0 Å². The number of hydrogen-bond acceptors (Lipinski definition) is 5. The van der Waals surface area contributed by atoms with E-state index in [9.17, 15) is 9.59 Å². The summed E-state index contributed by atoms with van der Waals surface area (Å²) in [6.45, 7) is 0. The topological polar surface area (TPSA) is 61.8 Å². The molecule has 0 bridgehead atoms. The standard InChI is InChI=1S/C8H10O5/c1-11-5-3-8(4-5)12-6(9)2-7(10)13-8/h5H,2-4H2,1H3. The van der Waals surface area contributed by atoms with Crippen LogP contribution in [0.25, 0.3) is 0 Å². The summed E-state index contributed by atoms with van der Waals surface area (Å²) in [4.78, 5) is 21.8. The molecule has 1 aliphatic heterocycles. The third-order valence-electron chi connectivity index (χ3n) is 2.30. The summed E-state index contributed by atoms with van der Waals surface area (Å²) in [6.07, 6.45) is 0.639. The van der Waals surface area contributed by atoms with E-state index in [1.165, 1.54) is 0 Å². The van der Waals surface area contributed by atoms with Gasteiger partial charge < -0.3 is 14.2 Å². The van der Waals surface area contributed by atoms with Crippen LogP contribution in [0.3, 0.4) is 0 Å². The molecule has 2 fully saturated rings. The van der Waals surface area contributed by atoms with E-state index in [4.69, 9.17) is 14.2 Å². The van der Waals surface area contributed by atoms with Gasteiger partial charge in [-0.1, -0.05) is 0 Å². The predicted molar refractivity (Wildman–Crippen MR) is 39.6 cm³/mol. The molecule has 0 atom stereocenters. The van der Waals surface area contributed by atoms with Crippen LogP contribution in [0.2, 0.25) is 0 Å². The molecule has 1 saturated carbocycles. The Morgan fingerprint density at radius 3 is 2.31 bits per heavy atom. The van der Waals surface area contributed by atoms with Crippen LogP contribution in [0.4, 0.5) is 0 Å². The smallest absolute Gasteiger partial charge is 0.320 e. The third kappa shape index (κ3) is 1.39. The molecule has 5 nitrogen and oxygen atoms in total. The monoisotopic (exact) mass is 186 g/mol. The maximum absolute atomic E-state index is 10.9. The summed E-state index contributed by atoms with van der Waals surface area (Å²) in [7, 11) is 1.57. The summed E-state index contributed by atoms with van der Waals surface area (Å²) in [5.41, 5.74) is 0. The minimum atomic E-state index is -1.01. The lowest BCUT2D eigenvalue weighted by Crippen LogP contribution is -2.56. The first kappa shape index (κ1) is 8.50. The molecule has 2 rings (SSSR count). The van der Waals surface area contributed by atoms with Crippen LogP contribution in [0.1, 0.15) is 19.3 Å². The van der Waals surface area contributed by atoms with Crippen molar-refractivity contribution in [3.8, 4) is 0 Å². The van der Waals surface area contributed by atoms with Gasteiger partial charge in [0.2, 0.25) is 0 Å². The molecule has 1 spiro atoms. The maximum atomic E-state index is 10.9. The van der Waals surface area contributed by atoms with Crippen LogP contribution in [-0.2, 0) is 23.8 Å². The lowest BCUT2D eigenvalue weighted by Gasteiger charge is -2.45. The van der Waals surface area contributed by atoms with Crippen LogP contribution >= 0.6 is 0 Å².